The van der Waals surface area contributed by atoms with Crippen LogP contribution in [0.5, 0.6) is 0 Å². The van der Waals surface area contributed by atoms with Crippen molar-refractivity contribution < 1.29 is 9.53 Å². The Morgan fingerprint density at radius 2 is 1.88 bits per heavy atom. The zero-order valence-corrected chi connectivity index (χ0v) is 14.2. The van der Waals surface area contributed by atoms with E-state index in [4.69, 9.17) is 4.74 Å². The van der Waals surface area contributed by atoms with Gasteiger partial charge in [-0.05, 0) is 31.5 Å². The molecular formula is C20H24N2O2. The number of carbonyl (C=O) groups is 1. The van der Waals surface area contributed by atoms with Crippen molar-refractivity contribution in [3.8, 4) is 0 Å². The van der Waals surface area contributed by atoms with E-state index in [1.165, 1.54) is 5.56 Å². The minimum absolute atomic E-state index is 0.000784. The number of amides is 1. The van der Waals surface area contributed by atoms with Gasteiger partial charge >= 0.3 is 0 Å². The van der Waals surface area contributed by atoms with Crippen molar-refractivity contribution in [3.05, 3.63) is 65.7 Å². The van der Waals surface area contributed by atoms with Crippen LogP contribution < -0.4 is 5.32 Å². The third-order valence-corrected chi connectivity index (χ3v) is 4.32. The molecule has 2 aromatic carbocycles. The zero-order valence-electron chi connectivity index (χ0n) is 14.2. The van der Waals surface area contributed by atoms with Gasteiger partial charge in [-0.2, -0.15) is 0 Å². The highest BCUT2D eigenvalue weighted by Gasteiger charge is 2.31. The minimum atomic E-state index is -0.307. The molecule has 0 bridgehead atoms. The Morgan fingerprint density at radius 1 is 1.17 bits per heavy atom. The van der Waals surface area contributed by atoms with Crippen molar-refractivity contribution in [1.82, 2.24) is 4.90 Å². The predicted octanol–water partition coefficient (Wildman–Crippen LogP) is 3.40. The molecule has 2 atom stereocenters. The highest BCUT2D eigenvalue weighted by Crippen LogP contribution is 2.25. The van der Waals surface area contributed by atoms with Gasteiger partial charge in [-0.25, -0.2) is 0 Å². The van der Waals surface area contributed by atoms with Crippen LogP contribution in [0.1, 0.15) is 24.1 Å². The Labute approximate surface area is 143 Å². The maximum absolute atomic E-state index is 13.0. The summed E-state index contributed by atoms with van der Waals surface area (Å²) < 4.78 is 5.63. The van der Waals surface area contributed by atoms with Crippen LogP contribution >= 0.6 is 0 Å². The molecule has 24 heavy (non-hydrogen) atoms. The second-order valence-electron chi connectivity index (χ2n) is 6.34. The molecular weight excluding hydrogens is 300 g/mol. The van der Waals surface area contributed by atoms with Crippen LogP contribution in [0.2, 0.25) is 0 Å². The van der Waals surface area contributed by atoms with Gasteiger partial charge in [0.05, 0.1) is 12.7 Å². The standard InChI is InChI=1S/C20H24N2O2/c1-15-8-10-18(11-9-15)21-20(23)19(17-6-4-3-5-7-17)22-12-13-24-16(2)14-22/h3-11,16,19H,12-14H2,1-2H3,(H,21,23)/t16-,19-/m0/s1. The molecule has 1 saturated heterocycles. The fourth-order valence-electron chi connectivity index (χ4n) is 3.09. The topological polar surface area (TPSA) is 41.6 Å². The lowest BCUT2D eigenvalue weighted by atomic mass is 10.0. The summed E-state index contributed by atoms with van der Waals surface area (Å²) in [5.74, 6) is -0.000784. The van der Waals surface area contributed by atoms with Crippen molar-refractivity contribution in [1.29, 1.82) is 0 Å². The molecule has 0 saturated carbocycles. The number of nitrogens with zero attached hydrogens (tertiary/aromatic N) is 1. The van der Waals surface area contributed by atoms with Crippen LogP contribution in [0, 0.1) is 6.92 Å². The molecule has 2 aromatic rings. The molecule has 3 rings (SSSR count). The average Bonchev–Trinajstić information content (AvgIpc) is 2.58. The van der Waals surface area contributed by atoms with E-state index in [1.54, 1.807) is 0 Å². The maximum Gasteiger partial charge on any atom is 0.246 e. The first-order valence-corrected chi connectivity index (χ1v) is 8.41. The fraction of sp³-hybridized carbons (Fsp3) is 0.350. The second-order valence-corrected chi connectivity index (χ2v) is 6.34. The number of hydrogen-bond donors (Lipinski definition) is 1. The van der Waals surface area contributed by atoms with E-state index in [0.29, 0.717) is 6.61 Å². The third kappa shape index (κ3) is 4.02. The third-order valence-electron chi connectivity index (χ3n) is 4.32. The normalized spacial score (nSPS) is 19.7. The first-order chi connectivity index (χ1) is 11.6. The summed E-state index contributed by atoms with van der Waals surface area (Å²) in [6, 6.07) is 17.5. The van der Waals surface area contributed by atoms with Crippen molar-refractivity contribution in [2.24, 2.45) is 0 Å². The van der Waals surface area contributed by atoms with Gasteiger partial charge in [0.1, 0.15) is 6.04 Å². The molecule has 1 N–H and O–H groups in total. The number of morpholine rings is 1. The number of nitrogens with one attached hydrogen (secondary N) is 1. The van der Waals surface area contributed by atoms with Gasteiger partial charge in [0, 0.05) is 18.8 Å². The highest BCUT2D eigenvalue weighted by molar-refractivity contribution is 5.95. The van der Waals surface area contributed by atoms with Gasteiger partial charge < -0.3 is 10.1 Å². The summed E-state index contributed by atoms with van der Waals surface area (Å²) in [5, 5.41) is 3.06. The van der Waals surface area contributed by atoms with Gasteiger partial charge in [0.25, 0.3) is 0 Å². The van der Waals surface area contributed by atoms with Crippen LogP contribution in [-0.2, 0) is 9.53 Å². The average molecular weight is 324 g/mol. The van der Waals surface area contributed by atoms with Crippen molar-refractivity contribution >= 4 is 11.6 Å². The number of aryl methyl sites for hydroxylation is 1. The number of anilines is 1. The number of benzene rings is 2. The van der Waals surface area contributed by atoms with Gasteiger partial charge in [0.15, 0.2) is 0 Å². The summed E-state index contributed by atoms with van der Waals surface area (Å²) in [7, 11) is 0. The van der Waals surface area contributed by atoms with E-state index >= 15 is 0 Å². The molecule has 0 unspecified atom stereocenters. The number of rotatable bonds is 4. The first kappa shape index (κ1) is 16.7. The van der Waals surface area contributed by atoms with E-state index in [-0.39, 0.29) is 18.1 Å². The molecule has 0 aliphatic carbocycles. The van der Waals surface area contributed by atoms with Gasteiger partial charge in [-0.3, -0.25) is 9.69 Å². The summed E-state index contributed by atoms with van der Waals surface area (Å²) in [6.07, 6.45) is 0.136. The quantitative estimate of drug-likeness (QED) is 0.937. The van der Waals surface area contributed by atoms with Crippen LogP contribution in [0.15, 0.2) is 54.6 Å². The molecule has 0 spiro atoms. The van der Waals surface area contributed by atoms with Crippen LogP contribution in [0.4, 0.5) is 5.69 Å². The molecule has 1 heterocycles. The highest BCUT2D eigenvalue weighted by atomic mass is 16.5. The predicted molar refractivity (Wildman–Crippen MR) is 96.0 cm³/mol. The first-order valence-electron chi connectivity index (χ1n) is 8.41. The van der Waals surface area contributed by atoms with Crippen LogP contribution in [0.25, 0.3) is 0 Å². The van der Waals surface area contributed by atoms with E-state index in [9.17, 15) is 4.79 Å². The molecule has 4 nitrogen and oxygen atoms in total. The maximum atomic E-state index is 13.0. The number of hydrogen-bond acceptors (Lipinski definition) is 3. The lowest BCUT2D eigenvalue weighted by Gasteiger charge is -2.36. The van der Waals surface area contributed by atoms with E-state index in [2.05, 4.69) is 10.2 Å². The second kappa shape index (κ2) is 7.60. The van der Waals surface area contributed by atoms with Gasteiger partial charge in [-0.15, -0.1) is 0 Å². The molecule has 1 aliphatic rings. The molecule has 126 valence electrons. The molecule has 1 amide bonds. The molecule has 1 fully saturated rings. The molecule has 0 aromatic heterocycles. The van der Waals surface area contributed by atoms with Crippen LogP contribution in [0.3, 0.4) is 0 Å². The zero-order chi connectivity index (χ0) is 16.9. The lowest BCUT2D eigenvalue weighted by Crippen LogP contribution is -2.46. The molecule has 1 aliphatic heterocycles. The SMILES string of the molecule is Cc1ccc(NC(=O)[C@H](c2ccccc2)N2CCO[C@@H](C)C2)cc1. The monoisotopic (exact) mass is 324 g/mol. The van der Waals surface area contributed by atoms with Gasteiger partial charge in [0.2, 0.25) is 5.91 Å². The number of carbonyl (C=O) groups excluding carboxylic acids is 1. The minimum Gasteiger partial charge on any atom is -0.376 e. The Bertz CT molecular complexity index is 670. The smallest absolute Gasteiger partial charge is 0.246 e. The summed E-state index contributed by atoms with van der Waals surface area (Å²) in [6.45, 7) is 6.24. The molecule has 4 heteroatoms. The molecule has 0 radical (unpaired) electrons. The Morgan fingerprint density at radius 3 is 2.54 bits per heavy atom. The largest absolute Gasteiger partial charge is 0.376 e. The Hall–Kier alpha value is -2.17. The Kier molecular flexibility index (Phi) is 5.28. The lowest BCUT2D eigenvalue weighted by molar-refractivity contribution is -0.124. The van der Waals surface area contributed by atoms with E-state index in [0.717, 1.165) is 24.3 Å². The fourth-order valence-corrected chi connectivity index (χ4v) is 3.09. The van der Waals surface area contributed by atoms with Crippen molar-refractivity contribution in [2.45, 2.75) is 26.0 Å². The number of ether oxygens (including phenoxy) is 1. The Balaban J connectivity index is 1.83. The van der Waals surface area contributed by atoms with Crippen molar-refractivity contribution in [3.63, 3.8) is 0 Å². The summed E-state index contributed by atoms with van der Waals surface area (Å²) in [4.78, 5) is 15.2. The summed E-state index contributed by atoms with van der Waals surface area (Å²) in [5.41, 5.74) is 3.01. The van der Waals surface area contributed by atoms with Crippen molar-refractivity contribution in [2.75, 3.05) is 25.0 Å². The summed E-state index contributed by atoms with van der Waals surface area (Å²) >= 11 is 0. The van der Waals surface area contributed by atoms with E-state index < -0.39 is 0 Å². The van der Waals surface area contributed by atoms with E-state index in [1.807, 2.05) is 68.4 Å². The van der Waals surface area contributed by atoms with Crippen LogP contribution in [-0.4, -0.2) is 36.6 Å². The van der Waals surface area contributed by atoms with Gasteiger partial charge in [-0.1, -0.05) is 48.0 Å².